The molecule has 0 heterocycles. The molecular formula is C37H74. The predicted octanol–water partition coefficient (Wildman–Crippen LogP) is 14.2. The summed E-state index contributed by atoms with van der Waals surface area (Å²) in [6.45, 7) is 11.1. The van der Waals surface area contributed by atoms with Crippen molar-refractivity contribution in [2.75, 3.05) is 0 Å². The van der Waals surface area contributed by atoms with Crippen molar-refractivity contribution >= 4 is 0 Å². The van der Waals surface area contributed by atoms with Gasteiger partial charge in [0.15, 0.2) is 0 Å². The highest BCUT2D eigenvalue weighted by atomic mass is 14.1. The van der Waals surface area contributed by atoms with E-state index in [1.54, 1.807) is 0 Å². The molecule has 222 valence electrons. The topological polar surface area (TPSA) is 0 Å². The van der Waals surface area contributed by atoms with Gasteiger partial charge in [0.05, 0.1) is 0 Å². The second-order valence-corrected chi connectivity index (χ2v) is 12.9. The SMILES string of the molecule is C=CCCCCCCCCCC[C@@H](C)CCC[C@H](C)CCCCCCCCCCCCCCCCCC. The van der Waals surface area contributed by atoms with Crippen molar-refractivity contribution in [1.29, 1.82) is 0 Å². The Morgan fingerprint density at radius 1 is 0.378 bits per heavy atom. The van der Waals surface area contributed by atoms with E-state index in [9.17, 15) is 0 Å². The number of hydrogen-bond acceptors (Lipinski definition) is 0. The summed E-state index contributed by atoms with van der Waals surface area (Å²) in [5.74, 6) is 1.90. The van der Waals surface area contributed by atoms with E-state index in [0.717, 1.165) is 11.8 Å². The van der Waals surface area contributed by atoms with E-state index in [-0.39, 0.29) is 0 Å². The van der Waals surface area contributed by atoms with Crippen LogP contribution >= 0.6 is 0 Å². The Morgan fingerprint density at radius 3 is 0.973 bits per heavy atom. The van der Waals surface area contributed by atoms with Gasteiger partial charge in [0, 0.05) is 0 Å². The molecule has 2 atom stereocenters. The van der Waals surface area contributed by atoms with Crippen LogP contribution in [0.3, 0.4) is 0 Å². The van der Waals surface area contributed by atoms with Crippen molar-refractivity contribution in [1.82, 2.24) is 0 Å². The van der Waals surface area contributed by atoms with Crippen molar-refractivity contribution in [3.05, 3.63) is 12.7 Å². The second-order valence-electron chi connectivity index (χ2n) is 12.9. The summed E-state index contributed by atoms with van der Waals surface area (Å²) < 4.78 is 0. The number of unbranched alkanes of at least 4 members (excludes halogenated alkanes) is 23. The fraction of sp³-hybridized carbons (Fsp3) is 0.946. The third-order valence-electron chi connectivity index (χ3n) is 8.80. The summed E-state index contributed by atoms with van der Waals surface area (Å²) in [4.78, 5) is 0. The van der Waals surface area contributed by atoms with Crippen LogP contribution < -0.4 is 0 Å². The molecule has 37 heavy (non-hydrogen) atoms. The minimum atomic E-state index is 0.946. The van der Waals surface area contributed by atoms with Gasteiger partial charge >= 0.3 is 0 Å². The third kappa shape index (κ3) is 31.9. The first-order valence-corrected chi connectivity index (χ1v) is 17.8. The van der Waals surface area contributed by atoms with Crippen molar-refractivity contribution in [3.63, 3.8) is 0 Å². The lowest BCUT2D eigenvalue weighted by atomic mass is 9.92. The van der Waals surface area contributed by atoms with E-state index in [1.165, 1.54) is 193 Å². The lowest BCUT2D eigenvalue weighted by Gasteiger charge is -2.14. The van der Waals surface area contributed by atoms with Gasteiger partial charge in [-0.1, -0.05) is 207 Å². The molecule has 0 saturated heterocycles. The first-order valence-electron chi connectivity index (χ1n) is 17.8. The number of hydrogen-bond donors (Lipinski definition) is 0. The highest BCUT2D eigenvalue weighted by Crippen LogP contribution is 2.22. The van der Waals surface area contributed by atoms with Crippen LogP contribution in [0.4, 0.5) is 0 Å². The minimum absolute atomic E-state index is 0.946. The molecular weight excluding hydrogens is 444 g/mol. The molecule has 0 radical (unpaired) electrons. The molecule has 0 heteroatoms. The fourth-order valence-electron chi connectivity index (χ4n) is 5.99. The van der Waals surface area contributed by atoms with Crippen LogP contribution in [-0.4, -0.2) is 0 Å². The zero-order valence-electron chi connectivity index (χ0n) is 26.7. The van der Waals surface area contributed by atoms with E-state index in [1.807, 2.05) is 0 Å². The Balaban J connectivity index is 3.25. The molecule has 0 nitrogen and oxygen atoms in total. The van der Waals surface area contributed by atoms with Gasteiger partial charge in [0.25, 0.3) is 0 Å². The molecule has 0 aliphatic carbocycles. The Kier molecular flexibility index (Phi) is 31.7. The van der Waals surface area contributed by atoms with Crippen LogP contribution in [0.25, 0.3) is 0 Å². The zero-order chi connectivity index (χ0) is 27.1. The monoisotopic (exact) mass is 519 g/mol. The van der Waals surface area contributed by atoms with Crippen LogP contribution in [0.15, 0.2) is 12.7 Å². The maximum Gasteiger partial charge on any atom is -0.0353 e. The number of rotatable bonds is 32. The van der Waals surface area contributed by atoms with Gasteiger partial charge in [0.1, 0.15) is 0 Å². The van der Waals surface area contributed by atoms with Crippen molar-refractivity contribution < 1.29 is 0 Å². The van der Waals surface area contributed by atoms with Gasteiger partial charge in [-0.15, -0.1) is 6.58 Å². The van der Waals surface area contributed by atoms with E-state index in [0.29, 0.717) is 0 Å². The van der Waals surface area contributed by atoms with Gasteiger partial charge in [-0.3, -0.25) is 0 Å². The molecule has 0 aliphatic heterocycles. The molecule has 0 aromatic rings. The molecule has 0 spiro atoms. The summed E-state index contributed by atoms with van der Waals surface area (Å²) in [5.41, 5.74) is 0. The van der Waals surface area contributed by atoms with E-state index >= 15 is 0 Å². The standard InChI is InChI=1S/C37H74/c1-5-7-9-11-13-15-17-18-19-20-21-22-24-26-28-30-33-37(4)35-31-34-36(3)32-29-27-25-23-16-14-12-10-8-6-2/h6,36-37H,2,5,7-35H2,1,3-4H3/t36-,37-/m1/s1. The molecule has 0 amide bonds. The van der Waals surface area contributed by atoms with E-state index < -0.39 is 0 Å². The summed E-state index contributed by atoms with van der Waals surface area (Å²) in [5, 5.41) is 0. The quantitative estimate of drug-likeness (QED) is 0.0613. The zero-order valence-corrected chi connectivity index (χ0v) is 26.7. The molecule has 0 bridgehead atoms. The average Bonchev–Trinajstić information content (AvgIpc) is 2.89. The molecule has 0 aromatic heterocycles. The maximum absolute atomic E-state index is 3.81. The lowest BCUT2D eigenvalue weighted by molar-refractivity contribution is 0.390. The molecule has 0 fully saturated rings. The van der Waals surface area contributed by atoms with Crippen molar-refractivity contribution in [3.8, 4) is 0 Å². The first-order chi connectivity index (χ1) is 18.2. The van der Waals surface area contributed by atoms with Gasteiger partial charge in [-0.05, 0) is 24.7 Å². The summed E-state index contributed by atoms with van der Waals surface area (Å²) in [6, 6.07) is 0. The van der Waals surface area contributed by atoms with Crippen molar-refractivity contribution in [2.24, 2.45) is 11.8 Å². The molecule has 0 N–H and O–H groups in total. The average molecular weight is 519 g/mol. The van der Waals surface area contributed by atoms with Crippen LogP contribution in [0.2, 0.25) is 0 Å². The Bertz CT molecular complexity index is 410. The van der Waals surface area contributed by atoms with Crippen LogP contribution in [0, 0.1) is 11.8 Å². The number of allylic oxidation sites excluding steroid dienone is 1. The van der Waals surface area contributed by atoms with E-state index in [2.05, 4.69) is 33.4 Å². The normalized spacial score (nSPS) is 13.2. The highest BCUT2D eigenvalue weighted by molar-refractivity contribution is 4.65. The molecule has 0 aromatic carbocycles. The van der Waals surface area contributed by atoms with Crippen molar-refractivity contribution in [2.45, 2.75) is 213 Å². The fourth-order valence-corrected chi connectivity index (χ4v) is 5.99. The summed E-state index contributed by atoms with van der Waals surface area (Å²) >= 11 is 0. The van der Waals surface area contributed by atoms with Crippen LogP contribution in [0.1, 0.15) is 213 Å². The first kappa shape index (κ1) is 36.7. The highest BCUT2D eigenvalue weighted by Gasteiger charge is 2.06. The van der Waals surface area contributed by atoms with Gasteiger partial charge in [-0.25, -0.2) is 0 Å². The molecule has 0 unspecified atom stereocenters. The smallest absolute Gasteiger partial charge is 0.0353 e. The molecule has 0 aliphatic rings. The molecule has 0 saturated carbocycles. The van der Waals surface area contributed by atoms with Crippen LogP contribution in [-0.2, 0) is 0 Å². The lowest BCUT2D eigenvalue weighted by Crippen LogP contribution is -1.99. The Hall–Kier alpha value is -0.260. The third-order valence-corrected chi connectivity index (χ3v) is 8.80. The minimum Gasteiger partial charge on any atom is -0.103 e. The van der Waals surface area contributed by atoms with E-state index in [4.69, 9.17) is 0 Å². The summed E-state index contributed by atoms with van der Waals surface area (Å²) in [7, 11) is 0. The predicted molar refractivity (Wildman–Crippen MR) is 173 cm³/mol. The Labute approximate surface area is 237 Å². The summed E-state index contributed by atoms with van der Waals surface area (Å²) in [6.07, 6.45) is 45.6. The maximum atomic E-state index is 3.81. The van der Waals surface area contributed by atoms with Crippen LogP contribution in [0.5, 0.6) is 0 Å². The van der Waals surface area contributed by atoms with Gasteiger partial charge in [-0.2, -0.15) is 0 Å². The largest absolute Gasteiger partial charge is 0.103 e. The van der Waals surface area contributed by atoms with Gasteiger partial charge < -0.3 is 0 Å². The second kappa shape index (κ2) is 32.0. The molecule has 0 rings (SSSR count). The van der Waals surface area contributed by atoms with Gasteiger partial charge in [0.2, 0.25) is 0 Å². The Morgan fingerprint density at radius 2 is 0.649 bits per heavy atom.